The lowest BCUT2D eigenvalue weighted by Gasteiger charge is -2.24. The van der Waals surface area contributed by atoms with Gasteiger partial charge in [0.05, 0.1) is 7.11 Å². The van der Waals surface area contributed by atoms with Crippen molar-refractivity contribution in [3.8, 4) is 5.88 Å². The molecule has 0 aromatic carbocycles. The summed E-state index contributed by atoms with van der Waals surface area (Å²) < 4.78 is 10.2. The van der Waals surface area contributed by atoms with Crippen LogP contribution in [0.1, 0.15) is 26.1 Å². The van der Waals surface area contributed by atoms with Crippen molar-refractivity contribution in [1.82, 2.24) is 9.97 Å². The Morgan fingerprint density at radius 1 is 1.28 bits per heavy atom. The van der Waals surface area contributed by atoms with Crippen LogP contribution in [-0.4, -0.2) is 37.3 Å². The van der Waals surface area contributed by atoms with Crippen molar-refractivity contribution in [3.63, 3.8) is 0 Å². The van der Waals surface area contributed by atoms with E-state index in [0.717, 1.165) is 25.4 Å². The highest BCUT2D eigenvalue weighted by Gasteiger charge is 2.17. The van der Waals surface area contributed by atoms with E-state index >= 15 is 0 Å². The highest BCUT2D eigenvalue weighted by Crippen LogP contribution is 2.21. The maximum Gasteiger partial charge on any atom is 0.218 e. The van der Waals surface area contributed by atoms with Gasteiger partial charge in [0, 0.05) is 26.3 Å². The maximum atomic E-state index is 5.12. The monoisotopic (exact) mass is 253 g/mol. The predicted octanol–water partition coefficient (Wildman–Crippen LogP) is 2.27. The summed E-state index contributed by atoms with van der Waals surface area (Å²) in [5, 5.41) is 3.32. The third-order valence-corrected chi connectivity index (χ3v) is 2.75. The van der Waals surface area contributed by atoms with Crippen molar-refractivity contribution >= 4 is 5.82 Å². The van der Waals surface area contributed by atoms with Gasteiger partial charge in [-0.05, 0) is 18.8 Å². The van der Waals surface area contributed by atoms with Crippen molar-refractivity contribution in [1.29, 1.82) is 0 Å². The Morgan fingerprint density at radius 2 is 2.00 bits per heavy atom. The largest absolute Gasteiger partial charge is 0.481 e. The van der Waals surface area contributed by atoms with E-state index in [1.54, 1.807) is 20.3 Å². The summed E-state index contributed by atoms with van der Waals surface area (Å²) in [6, 6.07) is 1.80. The quantitative estimate of drug-likeness (QED) is 0.808. The number of anilines is 1. The second-order valence-corrected chi connectivity index (χ2v) is 5.10. The molecule has 0 bridgehead atoms. The van der Waals surface area contributed by atoms with Crippen LogP contribution in [0, 0.1) is 12.3 Å². The van der Waals surface area contributed by atoms with E-state index in [9.17, 15) is 0 Å². The van der Waals surface area contributed by atoms with E-state index in [0.29, 0.717) is 11.7 Å². The van der Waals surface area contributed by atoms with E-state index in [1.807, 2.05) is 6.92 Å². The zero-order valence-electron chi connectivity index (χ0n) is 11.9. The minimum Gasteiger partial charge on any atom is -0.481 e. The van der Waals surface area contributed by atoms with Gasteiger partial charge in [0.25, 0.3) is 0 Å². The number of rotatable bonds is 7. The molecule has 1 heterocycles. The minimum absolute atomic E-state index is 0.155. The first-order valence-corrected chi connectivity index (χ1v) is 6.09. The highest BCUT2D eigenvalue weighted by atomic mass is 16.5. The van der Waals surface area contributed by atoms with Gasteiger partial charge in [-0.3, -0.25) is 0 Å². The van der Waals surface area contributed by atoms with Crippen molar-refractivity contribution in [3.05, 3.63) is 11.9 Å². The number of aryl methyl sites for hydroxylation is 1. The molecule has 102 valence electrons. The van der Waals surface area contributed by atoms with Gasteiger partial charge in [-0.1, -0.05) is 13.8 Å². The zero-order chi connectivity index (χ0) is 13.6. The van der Waals surface area contributed by atoms with E-state index < -0.39 is 0 Å². The molecule has 0 amide bonds. The number of hydrogen-bond acceptors (Lipinski definition) is 5. The highest BCUT2D eigenvalue weighted by molar-refractivity contribution is 5.38. The number of methoxy groups -OCH3 is 2. The topological polar surface area (TPSA) is 56.3 Å². The first kappa shape index (κ1) is 14.7. The summed E-state index contributed by atoms with van der Waals surface area (Å²) in [6.07, 6.45) is 0.998. The van der Waals surface area contributed by atoms with Crippen LogP contribution >= 0.6 is 0 Å². The zero-order valence-corrected chi connectivity index (χ0v) is 11.9. The van der Waals surface area contributed by atoms with Gasteiger partial charge in [0.2, 0.25) is 5.88 Å². The standard InChI is InChI=1S/C13H23N3O2/c1-10-15-11(8-12(16-10)18-5)14-9-13(2,3)6-7-17-4/h8H,6-7,9H2,1-5H3,(H,14,15,16). The Kier molecular flexibility index (Phi) is 5.34. The van der Waals surface area contributed by atoms with Gasteiger partial charge in [-0.2, -0.15) is 4.98 Å². The molecule has 0 saturated heterocycles. The molecule has 1 aromatic rings. The molecule has 0 atom stereocenters. The molecule has 0 radical (unpaired) electrons. The molecule has 18 heavy (non-hydrogen) atoms. The first-order valence-electron chi connectivity index (χ1n) is 6.09. The molecule has 0 spiro atoms. The van der Waals surface area contributed by atoms with Crippen molar-refractivity contribution in [2.24, 2.45) is 5.41 Å². The van der Waals surface area contributed by atoms with Crippen LogP contribution < -0.4 is 10.1 Å². The van der Waals surface area contributed by atoms with E-state index in [1.165, 1.54) is 0 Å². The van der Waals surface area contributed by atoms with Crippen LogP contribution in [0.4, 0.5) is 5.82 Å². The normalized spacial score (nSPS) is 11.4. The lowest BCUT2D eigenvalue weighted by molar-refractivity contribution is 0.157. The fraction of sp³-hybridized carbons (Fsp3) is 0.692. The van der Waals surface area contributed by atoms with E-state index in [4.69, 9.17) is 9.47 Å². The van der Waals surface area contributed by atoms with Gasteiger partial charge < -0.3 is 14.8 Å². The van der Waals surface area contributed by atoms with Gasteiger partial charge in [-0.15, -0.1) is 0 Å². The van der Waals surface area contributed by atoms with Gasteiger partial charge >= 0.3 is 0 Å². The molecular formula is C13H23N3O2. The number of ether oxygens (including phenoxy) is 2. The van der Waals surface area contributed by atoms with E-state index in [2.05, 4.69) is 29.1 Å². The second kappa shape index (κ2) is 6.54. The van der Waals surface area contributed by atoms with Crippen LogP contribution in [0.15, 0.2) is 6.07 Å². The number of nitrogens with one attached hydrogen (secondary N) is 1. The number of aromatic nitrogens is 2. The molecule has 0 unspecified atom stereocenters. The Balaban J connectivity index is 2.59. The molecule has 5 heteroatoms. The third kappa shape index (κ3) is 4.87. The smallest absolute Gasteiger partial charge is 0.218 e. The van der Waals surface area contributed by atoms with Crippen LogP contribution in [0.25, 0.3) is 0 Å². The Hall–Kier alpha value is -1.36. The van der Waals surface area contributed by atoms with E-state index in [-0.39, 0.29) is 5.41 Å². The van der Waals surface area contributed by atoms with Crippen molar-refractivity contribution in [2.75, 3.05) is 32.7 Å². The van der Waals surface area contributed by atoms with Gasteiger partial charge in [-0.25, -0.2) is 4.98 Å². The summed E-state index contributed by atoms with van der Waals surface area (Å²) >= 11 is 0. The number of nitrogens with zero attached hydrogens (tertiary/aromatic N) is 2. The van der Waals surface area contributed by atoms with Crippen molar-refractivity contribution < 1.29 is 9.47 Å². The summed E-state index contributed by atoms with van der Waals surface area (Å²) in [5.41, 5.74) is 0.155. The third-order valence-electron chi connectivity index (χ3n) is 2.75. The fourth-order valence-electron chi connectivity index (χ4n) is 1.53. The van der Waals surface area contributed by atoms with Gasteiger partial charge in [0.15, 0.2) is 0 Å². The molecule has 0 aliphatic carbocycles. The molecule has 1 aromatic heterocycles. The first-order chi connectivity index (χ1) is 8.46. The fourth-order valence-corrected chi connectivity index (χ4v) is 1.53. The summed E-state index contributed by atoms with van der Waals surface area (Å²) in [5.74, 6) is 2.08. The predicted molar refractivity (Wildman–Crippen MR) is 72.1 cm³/mol. The average Bonchev–Trinajstić information content (AvgIpc) is 2.33. The van der Waals surface area contributed by atoms with Crippen LogP contribution in [0.3, 0.4) is 0 Å². The molecule has 5 nitrogen and oxygen atoms in total. The Labute approximate surface area is 109 Å². The molecular weight excluding hydrogens is 230 g/mol. The Morgan fingerprint density at radius 3 is 2.61 bits per heavy atom. The molecule has 1 N–H and O–H groups in total. The van der Waals surface area contributed by atoms with Gasteiger partial charge in [0.1, 0.15) is 11.6 Å². The number of hydrogen-bond donors (Lipinski definition) is 1. The van der Waals surface area contributed by atoms with Crippen molar-refractivity contribution in [2.45, 2.75) is 27.2 Å². The lowest BCUT2D eigenvalue weighted by Crippen LogP contribution is -2.25. The average molecular weight is 253 g/mol. The summed E-state index contributed by atoms with van der Waals surface area (Å²) in [7, 11) is 3.33. The Bertz CT molecular complexity index is 380. The molecule has 0 aliphatic rings. The van der Waals surface area contributed by atoms with Crippen LogP contribution in [-0.2, 0) is 4.74 Å². The summed E-state index contributed by atoms with van der Waals surface area (Å²) in [6.45, 7) is 7.84. The molecule has 0 saturated carbocycles. The SMILES string of the molecule is COCCC(C)(C)CNc1cc(OC)nc(C)n1. The lowest BCUT2D eigenvalue weighted by atomic mass is 9.90. The second-order valence-electron chi connectivity index (χ2n) is 5.10. The van der Waals surface area contributed by atoms with Crippen LogP contribution in [0.5, 0.6) is 5.88 Å². The molecule has 1 rings (SSSR count). The molecule has 0 fully saturated rings. The maximum absolute atomic E-state index is 5.12. The molecule has 0 aliphatic heterocycles. The minimum atomic E-state index is 0.155. The van der Waals surface area contributed by atoms with Crippen LogP contribution in [0.2, 0.25) is 0 Å². The summed E-state index contributed by atoms with van der Waals surface area (Å²) in [4.78, 5) is 8.48.